The molecule has 60 valence electrons. The summed E-state index contributed by atoms with van der Waals surface area (Å²) in [5.74, 6) is 0. The monoisotopic (exact) mass is 176 g/mol. The maximum absolute atomic E-state index is 5.66. The lowest BCUT2D eigenvalue weighted by molar-refractivity contribution is 0.674. The van der Waals surface area contributed by atoms with Crippen LogP contribution in [0.25, 0.3) is 0 Å². The maximum Gasteiger partial charge on any atom is 0.125 e. The van der Waals surface area contributed by atoms with Gasteiger partial charge in [-0.15, -0.1) is 6.58 Å². The van der Waals surface area contributed by atoms with E-state index >= 15 is 0 Å². The van der Waals surface area contributed by atoms with Gasteiger partial charge in [0.1, 0.15) is 8.83 Å². The Hall–Kier alpha value is 0.247. The molecule has 0 radical (unpaired) electrons. The second kappa shape index (κ2) is 9.25. The zero-order valence-corrected chi connectivity index (χ0v) is 8.78. The summed E-state index contributed by atoms with van der Waals surface area (Å²) in [6, 6.07) is 1.32. The van der Waals surface area contributed by atoms with Crippen LogP contribution in [0.5, 0.6) is 0 Å². The molecule has 0 N–H and O–H groups in total. The average molecular weight is 177 g/mol. The number of hydrogen-bond donors (Lipinski definition) is 0. The summed E-state index contributed by atoms with van der Waals surface area (Å²) in [4.78, 5) is 0. The van der Waals surface area contributed by atoms with Gasteiger partial charge in [0.25, 0.3) is 0 Å². The van der Waals surface area contributed by atoms with Gasteiger partial charge < -0.3 is 0 Å². The maximum atomic E-state index is 5.66. The molecule has 0 bridgehead atoms. The van der Waals surface area contributed by atoms with Crippen molar-refractivity contribution in [1.29, 1.82) is 0 Å². The molecule has 0 spiro atoms. The molecule has 0 unspecified atom stereocenters. The van der Waals surface area contributed by atoms with Gasteiger partial charge in [0.15, 0.2) is 0 Å². The SMILES string of the molecule is C=CCCCCCC[SiH2]Cl. The number of unbranched alkanes of at least 4 members (excludes halogenated alkanes) is 4. The Morgan fingerprint density at radius 1 is 1.20 bits per heavy atom. The first-order valence-electron chi connectivity index (χ1n) is 4.08. The summed E-state index contributed by atoms with van der Waals surface area (Å²) < 4.78 is 0. The van der Waals surface area contributed by atoms with Crippen molar-refractivity contribution < 1.29 is 0 Å². The molecule has 0 fully saturated rings. The first kappa shape index (κ1) is 10.2. The van der Waals surface area contributed by atoms with Gasteiger partial charge in [-0.1, -0.05) is 25.3 Å². The number of hydrogen-bond acceptors (Lipinski definition) is 0. The summed E-state index contributed by atoms with van der Waals surface area (Å²) in [6.45, 7) is 3.68. The van der Waals surface area contributed by atoms with E-state index in [1.54, 1.807) is 0 Å². The third-order valence-electron chi connectivity index (χ3n) is 1.54. The van der Waals surface area contributed by atoms with E-state index in [4.69, 9.17) is 11.1 Å². The van der Waals surface area contributed by atoms with Gasteiger partial charge in [-0.05, 0) is 18.9 Å². The van der Waals surface area contributed by atoms with Gasteiger partial charge in [0.2, 0.25) is 0 Å². The minimum atomic E-state index is -0.173. The molecular weight excluding hydrogens is 160 g/mol. The Morgan fingerprint density at radius 3 is 2.50 bits per heavy atom. The molecule has 0 aliphatic carbocycles. The van der Waals surface area contributed by atoms with Gasteiger partial charge in [-0.2, -0.15) is 11.1 Å². The van der Waals surface area contributed by atoms with Crippen molar-refractivity contribution in [2.45, 2.75) is 38.1 Å². The summed E-state index contributed by atoms with van der Waals surface area (Å²) >= 11 is 5.66. The Balaban J connectivity index is 2.70. The molecule has 0 atom stereocenters. The standard InChI is InChI=1S/C8H17ClSi/c1-2-3-4-5-6-7-8-10-9/h2H,1,3-8,10H2. The third-order valence-corrected chi connectivity index (χ3v) is 3.11. The van der Waals surface area contributed by atoms with Crippen LogP contribution in [0.1, 0.15) is 32.1 Å². The molecule has 0 heterocycles. The summed E-state index contributed by atoms with van der Waals surface area (Å²) in [5.41, 5.74) is 0. The molecule has 0 aromatic heterocycles. The van der Waals surface area contributed by atoms with Crippen molar-refractivity contribution in [1.82, 2.24) is 0 Å². The minimum absolute atomic E-state index is 0.173. The molecule has 0 aromatic carbocycles. The van der Waals surface area contributed by atoms with E-state index < -0.39 is 0 Å². The van der Waals surface area contributed by atoms with Crippen molar-refractivity contribution in [2.24, 2.45) is 0 Å². The van der Waals surface area contributed by atoms with Crippen molar-refractivity contribution in [3.8, 4) is 0 Å². The summed E-state index contributed by atoms with van der Waals surface area (Å²) in [6.07, 6.45) is 8.57. The zero-order chi connectivity index (χ0) is 7.66. The van der Waals surface area contributed by atoms with Crippen LogP contribution >= 0.6 is 11.1 Å². The average Bonchev–Trinajstić information content (AvgIpc) is 1.97. The van der Waals surface area contributed by atoms with Gasteiger partial charge in [-0.3, -0.25) is 0 Å². The van der Waals surface area contributed by atoms with Crippen LogP contribution in [0.15, 0.2) is 12.7 Å². The zero-order valence-electron chi connectivity index (χ0n) is 6.61. The Labute approximate surface area is 71.2 Å². The van der Waals surface area contributed by atoms with Crippen LogP contribution in [0.3, 0.4) is 0 Å². The van der Waals surface area contributed by atoms with E-state index in [1.807, 2.05) is 6.08 Å². The van der Waals surface area contributed by atoms with E-state index in [0.29, 0.717) is 0 Å². The predicted octanol–water partition coefficient (Wildman–Crippen LogP) is 2.86. The van der Waals surface area contributed by atoms with Gasteiger partial charge in [0, 0.05) is 0 Å². The van der Waals surface area contributed by atoms with Crippen molar-refractivity contribution >= 4 is 19.9 Å². The second-order valence-corrected chi connectivity index (χ2v) is 4.75. The third kappa shape index (κ3) is 8.25. The van der Waals surface area contributed by atoms with Gasteiger partial charge in [0.05, 0.1) is 0 Å². The van der Waals surface area contributed by atoms with Crippen LogP contribution in [-0.4, -0.2) is 8.83 Å². The van der Waals surface area contributed by atoms with Crippen LogP contribution in [0.4, 0.5) is 0 Å². The highest BCUT2D eigenvalue weighted by atomic mass is 35.6. The molecule has 0 aliphatic heterocycles. The highest BCUT2D eigenvalue weighted by molar-refractivity contribution is 6.93. The van der Waals surface area contributed by atoms with Gasteiger partial charge in [-0.25, -0.2) is 0 Å². The Morgan fingerprint density at radius 2 is 1.90 bits per heavy atom. The lowest BCUT2D eigenvalue weighted by Gasteiger charge is -1.95. The molecule has 0 aliphatic rings. The lowest BCUT2D eigenvalue weighted by atomic mass is 10.1. The Kier molecular flexibility index (Phi) is 9.48. The van der Waals surface area contributed by atoms with E-state index in [1.165, 1.54) is 38.1 Å². The largest absolute Gasteiger partial charge is 0.176 e. The van der Waals surface area contributed by atoms with Gasteiger partial charge >= 0.3 is 0 Å². The highest BCUT2D eigenvalue weighted by Crippen LogP contribution is 2.05. The lowest BCUT2D eigenvalue weighted by Crippen LogP contribution is -1.80. The number of halogens is 1. The van der Waals surface area contributed by atoms with Crippen molar-refractivity contribution in [3.05, 3.63) is 12.7 Å². The molecular formula is C8H17ClSi. The fraction of sp³-hybridized carbons (Fsp3) is 0.750. The minimum Gasteiger partial charge on any atom is -0.176 e. The predicted molar refractivity (Wildman–Crippen MR) is 52.5 cm³/mol. The molecule has 0 aromatic rings. The van der Waals surface area contributed by atoms with Crippen LogP contribution in [0, 0.1) is 0 Å². The normalized spacial score (nSPS) is 10.9. The topological polar surface area (TPSA) is 0 Å². The smallest absolute Gasteiger partial charge is 0.125 e. The van der Waals surface area contributed by atoms with E-state index in [0.717, 1.165) is 0 Å². The van der Waals surface area contributed by atoms with E-state index in [9.17, 15) is 0 Å². The quantitative estimate of drug-likeness (QED) is 0.242. The highest BCUT2D eigenvalue weighted by Gasteiger charge is 1.87. The van der Waals surface area contributed by atoms with Crippen LogP contribution in [0.2, 0.25) is 6.04 Å². The molecule has 10 heavy (non-hydrogen) atoms. The molecule has 0 nitrogen and oxygen atoms in total. The second-order valence-electron chi connectivity index (χ2n) is 2.53. The Bertz CT molecular complexity index is 73.7. The summed E-state index contributed by atoms with van der Waals surface area (Å²) in [5, 5.41) is 0. The first-order chi connectivity index (χ1) is 4.91. The molecule has 2 heteroatoms. The molecule has 0 amide bonds. The van der Waals surface area contributed by atoms with Crippen LogP contribution < -0.4 is 0 Å². The first-order valence-corrected chi connectivity index (χ1v) is 7.22. The fourth-order valence-corrected chi connectivity index (χ4v) is 2.02. The molecule has 0 saturated heterocycles. The molecule has 0 rings (SSSR count). The number of allylic oxidation sites excluding steroid dienone is 1. The van der Waals surface area contributed by atoms with Crippen molar-refractivity contribution in [2.75, 3.05) is 0 Å². The van der Waals surface area contributed by atoms with E-state index in [-0.39, 0.29) is 8.83 Å². The van der Waals surface area contributed by atoms with E-state index in [2.05, 4.69) is 6.58 Å². The van der Waals surface area contributed by atoms with Crippen LogP contribution in [-0.2, 0) is 0 Å². The number of rotatable bonds is 7. The summed E-state index contributed by atoms with van der Waals surface area (Å²) in [7, 11) is -0.173. The fourth-order valence-electron chi connectivity index (χ4n) is 0.913. The molecule has 0 saturated carbocycles. The van der Waals surface area contributed by atoms with Crippen molar-refractivity contribution in [3.63, 3.8) is 0 Å².